The molecule has 0 saturated carbocycles. The molecule has 1 nitrogen and oxygen atoms in total. The molecule has 0 amide bonds. The number of fused-ring (bicyclic) bond motifs is 4. The molecule has 0 heterocycles. The quantitative estimate of drug-likeness (QED) is 0.631. The molecule has 2 aliphatic carbocycles. The van der Waals surface area contributed by atoms with Crippen molar-refractivity contribution in [1.82, 2.24) is 6.15 Å². The Hall–Kier alpha value is -1.86. The smallest absolute Gasteiger partial charge is 0.0116 e. The highest BCUT2D eigenvalue weighted by Gasteiger charge is 2.20. The topological polar surface area (TPSA) is 35.0 Å². The Morgan fingerprint density at radius 1 is 0.952 bits per heavy atom. The zero-order valence-corrected chi connectivity index (χ0v) is 12.1. The predicted octanol–water partition coefficient (Wildman–Crippen LogP) is 6.00. The second kappa shape index (κ2) is 5.87. The lowest BCUT2D eigenvalue weighted by molar-refractivity contribution is 0.831. The molecule has 2 aromatic carbocycles. The fraction of sp³-hybridized carbons (Fsp3) is 0.300. The highest BCUT2D eigenvalue weighted by molar-refractivity contribution is 5.95. The minimum Gasteiger partial charge on any atom is -0.344 e. The Labute approximate surface area is 128 Å². The van der Waals surface area contributed by atoms with Gasteiger partial charge < -0.3 is 6.15 Å². The third-order valence-electron chi connectivity index (χ3n) is 4.61. The molecule has 110 valence electrons. The molecular weight excluding hydrogens is 254 g/mol. The van der Waals surface area contributed by atoms with Gasteiger partial charge in [0.15, 0.2) is 0 Å². The van der Waals surface area contributed by atoms with Crippen LogP contribution in [0.4, 0.5) is 0 Å². The Morgan fingerprint density at radius 2 is 1.81 bits per heavy atom. The summed E-state index contributed by atoms with van der Waals surface area (Å²) in [7, 11) is 0. The van der Waals surface area contributed by atoms with Crippen LogP contribution in [-0.4, -0.2) is 0 Å². The second-order valence-electron chi connectivity index (χ2n) is 5.72. The van der Waals surface area contributed by atoms with Gasteiger partial charge in [-0.2, -0.15) is 0 Å². The Bertz CT molecular complexity index is 735. The van der Waals surface area contributed by atoms with Gasteiger partial charge in [0.05, 0.1) is 0 Å². The van der Waals surface area contributed by atoms with Crippen molar-refractivity contribution < 1.29 is 0 Å². The number of hydrogen-bond donors (Lipinski definition) is 1. The van der Waals surface area contributed by atoms with E-state index in [1.807, 2.05) is 0 Å². The van der Waals surface area contributed by atoms with Crippen molar-refractivity contribution in [2.45, 2.75) is 40.0 Å². The van der Waals surface area contributed by atoms with E-state index in [2.05, 4.69) is 49.4 Å². The van der Waals surface area contributed by atoms with E-state index in [4.69, 9.17) is 0 Å². The first kappa shape index (κ1) is 15.5. The van der Waals surface area contributed by atoms with Gasteiger partial charge in [-0.1, -0.05) is 55.5 Å². The minimum atomic E-state index is 0. The van der Waals surface area contributed by atoms with Gasteiger partial charge in [-0.05, 0) is 65.6 Å². The maximum Gasteiger partial charge on any atom is -0.0116 e. The van der Waals surface area contributed by atoms with Crippen LogP contribution in [0.25, 0.3) is 16.3 Å². The van der Waals surface area contributed by atoms with Crippen LogP contribution >= 0.6 is 0 Å². The van der Waals surface area contributed by atoms with E-state index in [1.54, 1.807) is 11.1 Å². The predicted molar refractivity (Wildman–Crippen MR) is 94.1 cm³/mol. The Balaban J connectivity index is 0.000000807. The standard InChI is InChI=1S/C19H18.CH4.H3N/c1-13-5-4-7-15-10-11-17-16-8-3-2-6-14(16)9-12-18(17)19(13)15;;/h3-5,7-8,10-11H,2,6,9,12H2,1H3;1H4;1H3. The number of aryl methyl sites for hydroxylation is 2. The molecule has 3 N–H and O–H groups in total. The van der Waals surface area contributed by atoms with E-state index in [0.717, 1.165) is 0 Å². The summed E-state index contributed by atoms with van der Waals surface area (Å²) in [5, 5.41) is 2.88. The summed E-state index contributed by atoms with van der Waals surface area (Å²) in [6.07, 6.45) is 9.62. The van der Waals surface area contributed by atoms with Crippen molar-refractivity contribution in [1.29, 1.82) is 0 Å². The third-order valence-corrected chi connectivity index (χ3v) is 4.61. The van der Waals surface area contributed by atoms with Gasteiger partial charge in [0.25, 0.3) is 0 Å². The summed E-state index contributed by atoms with van der Waals surface area (Å²) in [6.45, 7) is 2.24. The molecule has 21 heavy (non-hydrogen) atoms. The van der Waals surface area contributed by atoms with E-state index in [9.17, 15) is 0 Å². The van der Waals surface area contributed by atoms with E-state index in [0.29, 0.717) is 0 Å². The minimum absolute atomic E-state index is 0. The van der Waals surface area contributed by atoms with E-state index < -0.39 is 0 Å². The van der Waals surface area contributed by atoms with E-state index in [1.165, 1.54) is 53.2 Å². The van der Waals surface area contributed by atoms with Crippen molar-refractivity contribution >= 4 is 16.3 Å². The van der Waals surface area contributed by atoms with E-state index in [-0.39, 0.29) is 13.6 Å². The molecule has 1 heteroatoms. The zero-order valence-electron chi connectivity index (χ0n) is 12.1. The molecule has 2 aliphatic rings. The van der Waals surface area contributed by atoms with Crippen molar-refractivity contribution in [3.05, 3.63) is 64.7 Å². The fourth-order valence-corrected chi connectivity index (χ4v) is 3.69. The molecule has 0 saturated heterocycles. The largest absolute Gasteiger partial charge is 0.344 e. The first-order valence-electron chi connectivity index (χ1n) is 7.25. The number of rotatable bonds is 0. The van der Waals surface area contributed by atoms with E-state index >= 15 is 0 Å². The van der Waals surface area contributed by atoms with Crippen molar-refractivity contribution in [3.63, 3.8) is 0 Å². The van der Waals surface area contributed by atoms with Crippen LogP contribution in [0.15, 0.2) is 48.1 Å². The monoisotopic (exact) mass is 279 g/mol. The van der Waals surface area contributed by atoms with Crippen LogP contribution < -0.4 is 6.15 Å². The average molecular weight is 279 g/mol. The number of hydrogen-bond acceptors (Lipinski definition) is 1. The van der Waals surface area contributed by atoms with Gasteiger partial charge in [0, 0.05) is 0 Å². The SMILES string of the molecule is C.Cc1cccc2ccc3c(c12)CCC1=C3C=CCC1.N. The Morgan fingerprint density at radius 3 is 2.67 bits per heavy atom. The van der Waals surface area contributed by atoms with Gasteiger partial charge in [0.2, 0.25) is 0 Å². The molecule has 0 aliphatic heterocycles. The molecule has 0 bridgehead atoms. The molecule has 0 spiro atoms. The average Bonchev–Trinajstić information content (AvgIpc) is 2.46. The van der Waals surface area contributed by atoms with Crippen molar-refractivity contribution in [3.8, 4) is 0 Å². The van der Waals surface area contributed by atoms with Crippen LogP contribution in [0.2, 0.25) is 0 Å². The number of allylic oxidation sites excluding steroid dienone is 4. The van der Waals surface area contributed by atoms with Gasteiger partial charge in [-0.15, -0.1) is 0 Å². The Kier molecular flexibility index (Phi) is 4.34. The molecular formula is C20H25N. The summed E-state index contributed by atoms with van der Waals surface area (Å²) in [5.41, 5.74) is 7.65. The normalized spacial score (nSPS) is 15.9. The lowest BCUT2D eigenvalue weighted by Gasteiger charge is -2.26. The third kappa shape index (κ3) is 2.32. The molecule has 0 atom stereocenters. The molecule has 0 aromatic heterocycles. The maximum absolute atomic E-state index is 2.35. The molecule has 4 rings (SSSR count). The van der Waals surface area contributed by atoms with Gasteiger partial charge in [-0.3, -0.25) is 0 Å². The summed E-state index contributed by atoms with van der Waals surface area (Å²) in [6, 6.07) is 11.3. The van der Waals surface area contributed by atoms with Crippen LogP contribution in [0, 0.1) is 6.92 Å². The number of benzene rings is 2. The molecule has 0 unspecified atom stereocenters. The highest BCUT2D eigenvalue weighted by atomic mass is 14.2. The molecule has 0 radical (unpaired) electrons. The van der Waals surface area contributed by atoms with Crippen LogP contribution in [0.3, 0.4) is 0 Å². The summed E-state index contributed by atoms with van der Waals surface area (Å²) < 4.78 is 0. The van der Waals surface area contributed by atoms with Crippen molar-refractivity contribution in [2.24, 2.45) is 0 Å². The lowest BCUT2D eigenvalue weighted by atomic mass is 9.79. The second-order valence-corrected chi connectivity index (χ2v) is 5.72. The summed E-state index contributed by atoms with van der Waals surface area (Å²) >= 11 is 0. The highest BCUT2D eigenvalue weighted by Crippen LogP contribution is 2.40. The first-order chi connectivity index (χ1) is 9.34. The molecule has 2 aromatic rings. The fourth-order valence-electron chi connectivity index (χ4n) is 3.69. The lowest BCUT2D eigenvalue weighted by Crippen LogP contribution is -2.07. The van der Waals surface area contributed by atoms with Crippen LogP contribution in [-0.2, 0) is 6.42 Å². The van der Waals surface area contributed by atoms with Crippen LogP contribution in [0.5, 0.6) is 0 Å². The van der Waals surface area contributed by atoms with Crippen molar-refractivity contribution in [2.75, 3.05) is 0 Å². The zero-order chi connectivity index (χ0) is 12.8. The maximum atomic E-state index is 2.35. The van der Waals surface area contributed by atoms with Gasteiger partial charge in [-0.25, -0.2) is 0 Å². The summed E-state index contributed by atoms with van der Waals surface area (Å²) in [5.74, 6) is 0. The van der Waals surface area contributed by atoms with Gasteiger partial charge in [0.1, 0.15) is 0 Å². The summed E-state index contributed by atoms with van der Waals surface area (Å²) in [4.78, 5) is 0. The first-order valence-corrected chi connectivity index (χ1v) is 7.25. The molecule has 0 fully saturated rings. The van der Waals surface area contributed by atoms with Gasteiger partial charge >= 0.3 is 0 Å². The van der Waals surface area contributed by atoms with Crippen LogP contribution in [0.1, 0.15) is 43.4 Å².